The van der Waals surface area contributed by atoms with Crippen molar-refractivity contribution in [1.82, 2.24) is 10.2 Å². The number of halogens is 3. The van der Waals surface area contributed by atoms with Gasteiger partial charge in [0.2, 0.25) is 0 Å². The maximum atomic E-state index is 13.4. The molecule has 0 spiro atoms. The third-order valence-electron chi connectivity index (χ3n) is 4.49. The number of rotatable bonds is 2. The Morgan fingerprint density at radius 1 is 1.20 bits per heavy atom. The van der Waals surface area contributed by atoms with Gasteiger partial charge in [0.05, 0.1) is 0 Å². The number of nitrogens with zero attached hydrogens (tertiary/aromatic N) is 1. The normalized spacial score (nSPS) is 30.2. The van der Waals surface area contributed by atoms with Gasteiger partial charge in [-0.25, -0.2) is 0 Å². The van der Waals surface area contributed by atoms with Crippen LogP contribution in [0.1, 0.15) is 31.4 Å². The first-order chi connectivity index (χ1) is 9.44. The zero-order valence-corrected chi connectivity index (χ0v) is 11.5. The summed E-state index contributed by atoms with van der Waals surface area (Å²) in [4.78, 5) is 1.68. The second kappa shape index (κ2) is 4.74. The lowest BCUT2D eigenvalue weighted by Gasteiger charge is -2.45. The molecule has 110 valence electrons. The van der Waals surface area contributed by atoms with Crippen LogP contribution in [0.2, 0.25) is 0 Å². The van der Waals surface area contributed by atoms with Crippen LogP contribution in [0.4, 0.5) is 13.2 Å². The van der Waals surface area contributed by atoms with Crippen LogP contribution in [0.25, 0.3) is 0 Å². The van der Waals surface area contributed by atoms with E-state index in [-0.39, 0.29) is 24.9 Å². The summed E-state index contributed by atoms with van der Waals surface area (Å²) >= 11 is 0. The molecule has 0 aromatic heterocycles. The Morgan fingerprint density at radius 3 is 2.40 bits per heavy atom. The van der Waals surface area contributed by atoms with Gasteiger partial charge in [-0.15, -0.1) is 0 Å². The molecule has 1 aliphatic heterocycles. The van der Waals surface area contributed by atoms with Gasteiger partial charge >= 0.3 is 6.18 Å². The van der Waals surface area contributed by atoms with Gasteiger partial charge in [-0.1, -0.05) is 30.3 Å². The van der Waals surface area contributed by atoms with Gasteiger partial charge in [0.1, 0.15) is 5.54 Å². The van der Waals surface area contributed by atoms with Gasteiger partial charge < -0.3 is 5.32 Å². The van der Waals surface area contributed by atoms with Crippen LogP contribution >= 0.6 is 0 Å². The quantitative estimate of drug-likeness (QED) is 0.897. The van der Waals surface area contributed by atoms with E-state index in [1.165, 1.54) is 0 Å². The van der Waals surface area contributed by atoms with Gasteiger partial charge in [-0.05, 0) is 25.3 Å². The maximum absolute atomic E-state index is 13.4. The van der Waals surface area contributed by atoms with E-state index in [0.717, 1.165) is 5.56 Å². The molecule has 1 aliphatic carbocycles. The summed E-state index contributed by atoms with van der Waals surface area (Å²) in [5, 5.41) is 3.30. The molecule has 0 amide bonds. The first-order valence-corrected chi connectivity index (χ1v) is 7.06. The fourth-order valence-corrected chi connectivity index (χ4v) is 3.21. The lowest BCUT2D eigenvalue weighted by atomic mass is 9.98. The highest BCUT2D eigenvalue weighted by atomic mass is 19.4. The summed E-state index contributed by atoms with van der Waals surface area (Å²) in [7, 11) is 0. The highest BCUT2D eigenvalue weighted by Gasteiger charge is 2.68. The van der Waals surface area contributed by atoms with Crippen molar-refractivity contribution in [3.63, 3.8) is 0 Å². The van der Waals surface area contributed by atoms with Crippen LogP contribution in [-0.2, 0) is 0 Å². The van der Waals surface area contributed by atoms with Crippen LogP contribution < -0.4 is 5.32 Å². The molecular weight excluding hydrogens is 265 g/mol. The largest absolute Gasteiger partial charge is 0.406 e. The van der Waals surface area contributed by atoms with E-state index in [2.05, 4.69) is 5.32 Å². The Morgan fingerprint density at radius 2 is 1.85 bits per heavy atom. The van der Waals surface area contributed by atoms with Crippen molar-refractivity contribution in [2.24, 2.45) is 0 Å². The van der Waals surface area contributed by atoms with E-state index < -0.39 is 11.7 Å². The first kappa shape index (κ1) is 13.9. The van der Waals surface area contributed by atoms with Crippen molar-refractivity contribution in [3.8, 4) is 0 Å². The van der Waals surface area contributed by atoms with E-state index in [1.807, 2.05) is 37.3 Å². The molecule has 0 radical (unpaired) electrons. The third-order valence-corrected chi connectivity index (χ3v) is 4.49. The minimum atomic E-state index is -4.14. The molecule has 2 aliphatic rings. The summed E-state index contributed by atoms with van der Waals surface area (Å²) in [6.07, 6.45) is -3.68. The molecule has 20 heavy (non-hydrogen) atoms. The van der Waals surface area contributed by atoms with Gasteiger partial charge in [-0.3, -0.25) is 4.90 Å². The minimum absolute atomic E-state index is 0.0924. The molecule has 2 nitrogen and oxygen atoms in total. The highest BCUT2D eigenvalue weighted by molar-refractivity contribution is 5.24. The number of hydrogen-bond acceptors (Lipinski definition) is 2. The van der Waals surface area contributed by atoms with Crippen molar-refractivity contribution < 1.29 is 13.2 Å². The summed E-state index contributed by atoms with van der Waals surface area (Å²) in [6, 6.07) is 9.40. The number of hydrogen-bond donors (Lipinski definition) is 1. The second-order valence-corrected chi connectivity index (χ2v) is 5.92. The predicted octanol–water partition coefficient (Wildman–Crippen LogP) is 3.12. The van der Waals surface area contributed by atoms with Crippen molar-refractivity contribution in [2.45, 2.75) is 43.6 Å². The zero-order chi connectivity index (χ0) is 14.4. The van der Waals surface area contributed by atoms with Gasteiger partial charge in [0, 0.05) is 25.2 Å². The van der Waals surface area contributed by atoms with E-state index in [9.17, 15) is 13.2 Å². The number of benzene rings is 1. The number of alkyl halides is 3. The smallest absolute Gasteiger partial charge is 0.311 e. The average molecular weight is 284 g/mol. The molecular formula is C15H19F3N2. The van der Waals surface area contributed by atoms with Gasteiger partial charge in [0.25, 0.3) is 0 Å². The Kier molecular flexibility index (Phi) is 3.29. The molecule has 2 fully saturated rings. The molecule has 1 N–H and O–H groups in total. The lowest BCUT2D eigenvalue weighted by molar-refractivity contribution is -0.206. The van der Waals surface area contributed by atoms with Crippen LogP contribution in [0.3, 0.4) is 0 Å². The highest BCUT2D eigenvalue weighted by Crippen LogP contribution is 2.56. The molecule has 3 rings (SSSR count). The molecule has 0 bridgehead atoms. The summed E-state index contributed by atoms with van der Waals surface area (Å²) in [5.74, 6) is 0. The Labute approximate surface area is 117 Å². The molecule has 1 saturated heterocycles. The van der Waals surface area contributed by atoms with Crippen molar-refractivity contribution in [2.75, 3.05) is 13.1 Å². The Bertz CT molecular complexity index is 468. The van der Waals surface area contributed by atoms with E-state index in [4.69, 9.17) is 0 Å². The molecule has 1 aromatic rings. The van der Waals surface area contributed by atoms with Crippen molar-refractivity contribution in [3.05, 3.63) is 35.9 Å². The number of piperazine rings is 1. The molecule has 1 heterocycles. The second-order valence-electron chi connectivity index (χ2n) is 5.92. The molecule has 5 heteroatoms. The van der Waals surface area contributed by atoms with Gasteiger partial charge in [-0.2, -0.15) is 13.2 Å². The van der Waals surface area contributed by atoms with Crippen molar-refractivity contribution in [1.29, 1.82) is 0 Å². The van der Waals surface area contributed by atoms with Gasteiger partial charge in [0.15, 0.2) is 0 Å². The lowest BCUT2D eigenvalue weighted by Crippen LogP contribution is -2.59. The Balaban J connectivity index is 1.93. The maximum Gasteiger partial charge on any atom is 0.406 e. The number of nitrogens with one attached hydrogen (secondary N) is 1. The van der Waals surface area contributed by atoms with E-state index >= 15 is 0 Å². The minimum Gasteiger partial charge on any atom is -0.311 e. The fourth-order valence-electron chi connectivity index (χ4n) is 3.21. The van der Waals surface area contributed by atoms with Crippen molar-refractivity contribution >= 4 is 0 Å². The summed E-state index contributed by atoms with van der Waals surface area (Å²) < 4.78 is 40.3. The monoisotopic (exact) mass is 284 g/mol. The molecule has 2 atom stereocenters. The molecule has 1 saturated carbocycles. The standard InChI is InChI=1S/C15H19F3N2/c1-11-10-20(14(7-8-14)15(16,17)18)13(9-19-11)12-5-3-2-4-6-12/h2-6,11,13,19H,7-10H2,1H3. The Hall–Kier alpha value is -1.07. The van der Waals surface area contributed by atoms with E-state index in [0.29, 0.717) is 13.1 Å². The van der Waals surface area contributed by atoms with Crippen LogP contribution in [0.15, 0.2) is 30.3 Å². The molecule has 2 unspecified atom stereocenters. The van der Waals surface area contributed by atoms with Crippen LogP contribution in [-0.4, -0.2) is 35.7 Å². The summed E-state index contributed by atoms with van der Waals surface area (Å²) in [6.45, 7) is 2.96. The topological polar surface area (TPSA) is 15.3 Å². The fraction of sp³-hybridized carbons (Fsp3) is 0.600. The predicted molar refractivity (Wildman–Crippen MR) is 71.4 cm³/mol. The third kappa shape index (κ3) is 2.23. The zero-order valence-electron chi connectivity index (χ0n) is 11.5. The SMILES string of the molecule is CC1CN(C2(C(F)(F)F)CC2)C(c2ccccc2)CN1. The average Bonchev–Trinajstić information content (AvgIpc) is 3.20. The summed E-state index contributed by atoms with van der Waals surface area (Å²) in [5.41, 5.74) is -0.633. The molecule has 1 aromatic carbocycles. The van der Waals surface area contributed by atoms with Crippen LogP contribution in [0.5, 0.6) is 0 Å². The first-order valence-electron chi connectivity index (χ1n) is 7.06. The van der Waals surface area contributed by atoms with E-state index in [1.54, 1.807) is 4.90 Å². The van der Waals surface area contributed by atoms with Crippen LogP contribution in [0, 0.1) is 0 Å².